The third kappa shape index (κ3) is 12.0. The first kappa shape index (κ1) is 20.0. The van der Waals surface area contributed by atoms with Crippen molar-refractivity contribution in [2.45, 2.75) is 0 Å². The molecule has 0 aromatic heterocycles. The van der Waals surface area contributed by atoms with Gasteiger partial charge < -0.3 is 4.46 Å². The number of rotatable bonds is 0. The third-order valence-electron chi connectivity index (χ3n) is 0. The van der Waals surface area contributed by atoms with Crippen LogP contribution in [-0.2, 0) is 4.46 Å². The zero-order valence-corrected chi connectivity index (χ0v) is 5.53. The fourth-order valence-corrected chi connectivity index (χ4v) is 0. The zero-order valence-electron chi connectivity index (χ0n) is 2.12. The summed E-state index contributed by atoms with van der Waals surface area (Å²) >= 11 is 0. The summed E-state index contributed by atoms with van der Waals surface area (Å²) in [6, 6.07) is 0. The van der Waals surface area contributed by atoms with E-state index >= 15 is 0 Å². The lowest BCUT2D eigenvalue weighted by molar-refractivity contribution is 0.590. The van der Waals surface area contributed by atoms with E-state index in [4.69, 9.17) is 4.46 Å². The van der Waals surface area contributed by atoms with Crippen molar-refractivity contribution in [1.82, 2.24) is 0 Å². The van der Waals surface area contributed by atoms with Crippen LogP contribution in [-0.4, -0.2) is 44.1 Å². The van der Waals surface area contributed by atoms with Crippen LogP contribution >= 0.6 is 0 Å². The van der Waals surface area contributed by atoms with E-state index in [1.54, 1.807) is 10.1 Å². The molecule has 0 bridgehead atoms. The average molecular weight is 96.5 g/mol. The maximum absolute atomic E-state index is 8.06. The van der Waals surface area contributed by atoms with Crippen molar-refractivity contribution in [1.29, 1.82) is 0 Å². The van der Waals surface area contributed by atoms with E-state index in [2.05, 4.69) is 0 Å². The van der Waals surface area contributed by atoms with Crippen LogP contribution in [0.2, 0.25) is 0 Å². The average Bonchev–Trinajstić information content (AvgIpc) is 1.00. The molecule has 0 fully saturated rings. The monoisotopic (exact) mass is 95.9 g/mol. The van der Waals surface area contributed by atoms with Crippen LogP contribution in [0.25, 0.3) is 0 Å². The Labute approximate surface area is 48.8 Å². The Morgan fingerprint density at radius 3 is 1.25 bits per heavy atom. The van der Waals surface area contributed by atoms with Gasteiger partial charge in [-0.15, -0.1) is 0 Å². The van der Waals surface area contributed by atoms with Gasteiger partial charge in [0.15, 0.2) is 0 Å². The minimum atomic E-state index is 0. The highest BCUT2D eigenvalue weighted by Gasteiger charge is 0.803. The lowest BCUT2D eigenvalue weighted by atomic mass is 16.0. The molecule has 16 valence electrons. The summed E-state index contributed by atoms with van der Waals surface area (Å²) in [6.45, 7) is 0. The summed E-state index contributed by atoms with van der Waals surface area (Å²) in [5, 5.41) is 0. The van der Waals surface area contributed by atoms with Crippen LogP contribution in [0.5, 0.6) is 0 Å². The number of hydrogen-bond donors (Lipinski definition) is 0. The molecule has 0 aromatic rings. The molecule has 0 heterocycles. The molecule has 0 atom stereocenters. The molecule has 0 aliphatic heterocycles. The highest BCUT2D eigenvalue weighted by molar-refractivity contribution is 5.85. The molecular weight excluding hydrogens is 96.5 g/mol. The van der Waals surface area contributed by atoms with Crippen LogP contribution in [0.1, 0.15) is 0 Å². The van der Waals surface area contributed by atoms with Gasteiger partial charge in [-0.2, -0.15) is 0 Å². The van der Waals surface area contributed by atoms with Crippen molar-refractivity contribution in [3.05, 3.63) is 0 Å². The van der Waals surface area contributed by atoms with E-state index in [9.17, 15) is 0 Å². The molecular formula is MgOSi2. The molecule has 4 heteroatoms. The van der Waals surface area contributed by atoms with E-state index in [-0.39, 0.29) is 34.0 Å². The van der Waals surface area contributed by atoms with Gasteiger partial charge in [0.05, 0.1) is 0 Å². The quantitative estimate of drug-likeness (QED) is 0.344. The Kier molecular flexibility index (Phi) is 180. The standard InChI is InChI=1S/Mg.OSi.Si/c;1-2;. The molecule has 0 aromatic carbocycles. The summed E-state index contributed by atoms with van der Waals surface area (Å²) in [4.78, 5) is 0. The smallest absolute Gasteiger partial charge is 0.381 e. The minimum Gasteiger partial charge on any atom is -0.381 e. The van der Waals surface area contributed by atoms with Gasteiger partial charge >= 0.3 is 10.1 Å². The van der Waals surface area contributed by atoms with Gasteiger partial charge in [0.2, 0.25) is 0 Å². The van der Waals surface area contributed by atoms with Crippen LogP contribution in [0.15, 0.2) is 0 Å². The van der Waals surface area contributed by atoms with E-state index in [0.29, 0.717) is 0 Å². The van der Waals surface area contributed by atoms with E-state index in [1.807, 2.05) is 0 Å². The van der Waals surface area contributed by atoms with Gasteiger partial charge in [0.1, 0.15) is 0 Å². The van der Waals surface area contributed by atoms with E-state index in [0.717, 1.165) is 0 Å². The molecule has 0 saturated heterocycles. The first-order chi connectivity index (χ1) is 1.00. The fraction of sp³-hybridized carbons (Fsp3) is 0. The summed E-state index contributed by atoms with van der Waals surface area (Å²) in [6.07, 6.45) is 0. The van der Waals surface area contributed by atoms with Crippen LogP contribution < -0.4 is 0 Å². The largest absolute Gasteiger partial charge is 0.381 e. The van der Waals surface area contributed by atoms with Gasteiger partial charge in [-0.1, -0.05) is 0 Å². The molecule has 0 unspecified atom stereocenters. The second-order valence-corrected chi connectivity index (χ2v) is 0. The molecule has 1 nitrogen and oxygen atoms in total. The molecule has 4 heavy (non-hydrogen) atoms. The summed E-state index contributed by atoms with van der Waals surface area (Å²) in [5.74, 6) is 0. The minimum absolute atomic E-state index is 0. The van der Waals surface area contributed by atoms with Crippen molar-refractivity contribution < 1.29 is 4.46 Å². The number of hydrogen-bond acceptors (Lipinski definition) is 1. The maximum atomic E-state index is 8.06. The third-order valence-corrected chi connectivity index (χ3v) is 0. The van der Waals surface area contributed by atoms with Crippen LogP contribution in [0.3, 0.4) is 0 Å². The summed E-state index contributed by atoms with van der Waals surface area (Å²) < 4.78 is 8.06. The van der Waals surface area contributed by atoms with E-state index < -0.39 is 0 Å². The van der Waals surface area contributed by atoms with Crippen molar-refractivity contribution >= 4 is 44.1 Å². The van der Waals surface area contributed by atoms with Gasteiger partial charge in [0, 0.05) is 34.0 Å². The van der Waals surface area contributed by atoms with Crippen LogP contribution in [0, 0.1) is 0 Å². The lowest BCUT2D eigenvalue weighted by Crippen LogP contribution is -0.969. The first-order valence-electron chi connectivity index (χ1n) is 0.204. The zero-order chi connectivity index (χ0) is 2.00. The normalized spacial score (nSPS) is 1.00. The molecule has 0 rings (SSSR count). The molecule has 0 amide bonds. The van der Waals surface area contributed by atoms with Crippen molar-refractivity contribution in [2.75, 3.05) is 0 Å². The second kappa shape index (κ2) is 36.0. The first-order valence-corrected chi connectivity index (χ1v) is 0.612. The molecule has 0 N–H and O–H groups in total. The Hall–Kier alpha value is 1.00. The van der Waals surface area contributed by atoms with E-state index in [1.165, 1.54) is 0 Å². The van der Waals surface area contributed by atoms with Gasteiger partial charge in [-0.05, 0) is 0 Å². The van der Waals surface area contributed by atoms with Gasteiger partial charge in [0.25, 0.3) is 0 Å². The molecule has 0 aliphatic carbocycles. The van der Waals surface area contributed by atoms with Crippen molar-refractivity contribution in [3.8, 4) is 0 Å². The second-order valence-electron chi connectivity index (χ2n) is 0. The Morgan fingerprint density at radius 1 is 1.25 bits per heavy atom. The summed E-state index contributed by atoms with van der Waals surface area (Å²) in [5.41, 5.74) is 0. The molecule has 0 saturated carbocycles. The van der Waals surface area contributed by atoms with Crippen molar-refractivity contribution in [2.24, 2.45) is 0 Å². The Balaban J connectivity index is -0.00000000500. The molecule has 0 spiro atoms. The molecule has 8 radical (unpaired) electrons. The highest BCUT2D eigenvalue weighted by atomic mass is 28.1. The maximum Gasteiger partial charge on any atom is 0.381 e. The SMILES string of the molecule is O=[Si].[Mg].[Si]. The predicted molar refractivity (Wildman–Crippen MR) is 17.9 cm³/mol. The Bertz CT molecular complexity index is 6.00. The van der Waals surface area contributed by atoms with Crippen molar-refractivity contribution in [3.63, 3.8) is 0 Å². The topological polar surface area (TPSA) is 17.1 Å². The predicted octanol–water partition coefficient (Wildman–Crippen LogP) is -1.26. The molecule has 0 aliphatic rings. The fourth-order valence-electron chi connectivity index (χ4n) is 0. The lowest BCUT2D eigenvalue weighted by Gasteiger charge is -0.803. The van der Waals surface area contributed by atoms with Gasteiger partial charge in [-0.3, -0.25) is 0 Å². The highest BCUT2D eigenvalue weighted by Crippen LogP contribution is 0.469. The Morgan fingerprint density at radius 2 is 1.25 bits per heavy atom. The summed E-state index contributed by atoms with van der Waals surface area (Å²) in [7, 11) is 1.72. The van der Waals surface area contributed by atoms with Crippen LogP contribution in [0.4, 0.5) is 0 Å². The van der Waals surface area contributed by atoms with Gasteiger partial charge in [-0.25, -0.2) is 0 Å².